The van der Waals surface area contributed by atoms with Gasteiger partial charge in [0.2, 0.25) is 11.5 Å². The third-order valence-corrected chi connectivity index (χ3v) is 5.21. The van der Waals surface area contributed by atoms with Gasteiger partial charge in [-0.25, -0.2) is 4.39 Å². The van der Waals surface area contributed by atoms with Crippen molar-refractivity contribution in [3.05, 3.63) is 130 Å². The highest BCUT2D eigenvalue weighted by Gasteiger charge is 2.30. The molecule has 176 valence electrons. The smallest absolute Gasteiger partial charge is 0.322 e. The Labute approximate surface area is 197 Å². The van der Waals surface area contributed by atoms with Crippen LogP contribution in [-0.4, -0.2) is 10.9 Å². The van der Waals surface area contributed by atoms with E-state index in [9.17, 15) is 27.2 Å². The number of anilines is 1. The van der Waals surface area contributed by atoms with Crippen LogP contribution in [0.15, 0.2) is 102 Å². The highest BCUT2D eigenvalue weighted by Crippen LogP contribution is 2.31. The average Bonchev–Trinajstić information content (AvgIpc) is 2.82. The molecule has 35 heavy (non-hydrogen) atoms. The van der Waals surface area contributed by atoms with Crippen LogP contribution in [0.2, 0.25) is 0 Å². The summed E-state index contributed by atoms with van der Waals surface area (Å²) < 4.78 is 52.2. The summed E-state index contributed by atoms with van der Waals surface area (Å²) in [6.45, 7) is 0. The molecule has 1 heterocycles. The Hall–Kier alpha value is -4.46. The highest BCUT2D eigenvalue weighted by molar-refractivity contribution is 6.05. The van der Waals surface area contributed by atoms with Crippen LogP contribution in [-0.2, 0) is 11.0 Å². The van der Waals surface area contributed by atoms with Gasteiger partial charge < -0.3 is 10.3 Å². The van der Waals surface area contributed by atoms with Crippen molar-refractivity contribution in [3.8, 4) is 0 Å². The zero-order chi connectivity index (χ0) is 25.0. The minimum atomic E-state index is -4.47. The fraction of sp³-hybridized carbons (Fsp3) is 0.0370. The lowest BCUT2D eigenvalue weighted by atomic mass is 9.96. The first-order valence-electron chi connectivity index (χ1n) is 10.5. The molecule has 0 saturated carbocycles. The summed E-state index contributed by atoms with van der Waals surface area (Å²) >= 11 is 0. The summed E-state index contributed by atoms with van der Waals surface area (Å²) in [5, 5.41) is 3.39. The molecule has 0 atom stereocenters. The molecule has 0 bridgehead atoms. The minimum Gasteiger partial charge on any atom is -0.322 e. The lowest BCUT2D eigenvalue weighted by Gasteiger charge is -2.11. The van der Waals surface area contributed by atoms with E-state index in [1.54, 1.807) is 30.3 Å². The third-order valence-electron chi connectivity index (χ3n) is 5.21. The number of alkyl halides is 3. The first-order chi connectivity index (χ1) is 16.7. The number of aromatic nitrogens is 1. The van der Waals surface area contributed by atoms with Crippen molar-refractivity contribution in [2.75, 3.05) is 5.32 Å². The number of rotatable bonds is 5. The maximum absolute atomic E-state index is 13.4. The molecule has 0 unspecified atom stereocenters. The van der Waals surface area contributed by atoms with Crippen LogP contribution >= 0.6 is 0 Å². The van der Waals surface area contributed by atoms with Crippen LogP contribution in [0.3, 0.4) is 0 Å². The summed E-state index contributed by atoms with van der Waals surface area (Å²) in [6, 6.07) is 18.1. The van der Waals surface area contributed by atoms with Crippen LogP contribution in [0.1, 0.15) is 16.7 Å². The van der Waals surface area contributed by atoms with Crippen molar-refractivity contribution in [2.24, 2.45) is 0 Å². The third kappa shape index (κ3) is 5.73. The molecule has 0 aliphatic rings. The van der Waals surface area contributed by atoms with Gasteiger partial charge in [0.25, 0.3) is 0 Å². The van der Waals surface area contributed by atoms with E-state index in [2.05, 4.69) is 10.3 Å². The van der Waals surface area contributed by atoms with Gasteiger partial charge in [0.1, 0.15) is 5.82 Å². The number of hydrogen-bond donors (Lipinski definition) is 2. The van der Waals surface area contributed by atoms with Crippen molar-refractivity contribution >= 4 is 28.1 Å². The maximum Gasteiger partial charge on any atom is 0.416 e. The Kier molecular flexibility index (Phi) is 6.64. The molecule has 8 heteroatoms. The molecule has 4 rings (SSSR count). The van der Waals surface area contributed by atoms with E-state index in [0.717, 1.165) is 12.1 Å². The first kappa shape index (κ1) is 23.7. The molecule has 0 fully saturated rings. The topological polar surface area (TPSA) is 62.0 Å². The lowest BCUT2D eigenvalue weighted by Crippen LogP contribution is -2.09. The second-order valence-corrected chi connectivity index (χ2v) is 7.60. The molecule has 4 nitrogen and oxygen atoms in total. The van der Waals surface area contributed by atoms with E-state index in [-0.39, 0.29) is 5.56 Å². The quantitative estimate of drug-likeness (QED) is 0.201. The van der Waals surface area contributed by atoms with Gasteiger partial charge in [-0.3, -0.25) is 9.59 Å². The number of aromatic amines is 1. The number of fused-ring (bicyclic) bond motifs is 1. The second kappa shape index (κ2) is 9.80. The number of halogens is 4. The Morgan fingerprint density at radius 3 is 2.17 bits per heavy atom. The molecular weight excluding hydrogens is 460 g/mol. The Bertz CT molecular complexity index is 1480. The van der Waals surface area contributed by atoms with Gasteiger partial charge in [-0.15, -0.1) is 0 Å². The Morgan fingerprint density at radius 1 is 0.857 bits per heavy atom. The van der Waals surface area contributed by atoms with E-state index in [1.165, 1.54) is 54.6 Å². The molecule has 4 aromatic rings. The number of benzene rings is 3. The summed E-state index contributed by atoms with van der Waals surface area (Å²) in [6.07, 6.45) is -0.183. The molecular formula is C27H18F4N2O2. The predicted octanol–water partition coefficient (Wildman–Crippen LogP) is 6.31. The van der Waals surface area contributed by atoms with Crippen molar-refractivity contribution in [2.45, 2.75) is 6.18 Å². The monoisotopic (exact) mass is 478 g/mol. The number of allylic oxidation sites excluding steroid dienone is 2. The summed E-state index contributed by atoms with van der Waals surface area (Å²) in [4.78, 5) is 26.7. The molecule has 0 aliphatic carbocycles. The summed E-state index contributed by atoms with van der Waals surface area (Å²) in [5.41, 5.74) is 1.56. The average molecular weight is 478 g/mol. The van der Waals surface area contributed by atoms with Gasteiger partial charge in [-0.2, -0.15) is 13.2 Å². The lowest BCUT2D eigenvalue weighted by molar-refractivity contribution is -0.137. The van der Waals surface area contributed by atoms with Crippen LogP contribution in [0.4, 0.5) is 23.2 Å². The standard InChI is InChI=1S/C27H18F4N2O2/c28-20-13-9-18(10-14-20)21(17-7-11-19(12-8-17)27(29,30)31)3-1-6-25(34)32-23-4-2-5-24-22(23)15-16-26(35)33-24/h1-16H,(H,32,34)(H,33,35)/b6-1+,21-3-. The fourth-order valence-corrected chi connectivity index (χ4v) is 3.53. The van der Waals surface area contributed by atoms with Crippen molar-refractivity contribution in [3.63, 3.8) is 0 Å². The number of hydrogen-bond acceptors (Lipinski definition) is 2. The number of H-pyrrole nitrogens is 1. The van der Waals surface area contributed by atoms with Gasteiger partial charge in [0.15, 0.2) is 0 Å². The van der Waals surface area contributed by atoms with E-state index in [0.29, 0.717) is 33.3 Å². The van der Waals surface area contributed by atoms with Gasteiger partial charge in [0.05, 0.1) is 16.8 Å². The van der Waals surface area contributed by atoms with Crippen molar-refractivity contribution in [1.82, 2.24) is 4.98 Å². The first-order valence-corrected chi connectivity index (χ1v) is 10.5. The van der Waals surface area contributed by atoms with Crippen LogP contribution in [0, 0.1) is 5.82 Å². The Morgan fingerprint density at radius 2 is 1.51 bits per heavy atom. The van der Waals surface area contributed by atoms with E-state index < -0.39 is 23.5 Å². The van der Waals surface area contributed by atoms with Gasteiger partial charge in [-0.05, 0) is 59.2 Å². The zero-order valence-corrected chi connectivity index (χ0v) is 18.1. The van der Waals surface area contributed by atoms with Gasteiger partial charge >= 0.3 is 6.18 Å². The Balaban J connectivity index is 1.61. The minimum absolute atomic E-state index is 0.261. The van der Waals surface area contributed by atoms with Gasteiger partial charge in [-0.1, -0.05) is 42.5 Å². The highest BCUT2D eigenvalue weighted by atomic mass is 19.4. The molecule has 0 saturated heterocycles. The van der Waals surface area contributed by atoms with Crippen molar-refractivity contribution < 1.29 is 22.4 Å². The number of amides is 1. The predicted molar refractivity (Wildman–Crippen MR) is 127 cm³/mol. The number of carbonyl (C=O) groups is 1. The molecule has 1 amide bonds. The molecule has 0 aliphatic heterocycles. The second-order valence-electron chi connectivity index (χ2n) is 7.60. The van der Waals surface area contributed by atoms with E-state index in [1.807, 2.05) is 0 Å². The molecule has 1 aromatic heterocycles. The number of carbonyl (C=O) groups excluding carboxylic acids is 1. The van der Waals surface area contributed by atoms with Crippen LogP contribution < -0.4 is 10.9 Å². The number of nitrogens with one attached hydrogen (secondary N) is 2. The fourth-order valence-electron chi connectivity index (χ4n) is 3.53. The van der Waals surface area contributed by atoms with Crippen LogP contribution in [0.25, 0.3) is 16.5 Å². The van der Waals surface area contributed by atoms with Crippen molar-refractivity contribution in [1.29, 1.82) is 0 Å². The number of pyridine rings is 1. The maximum atomic E-state index is 13.4. The molecule has 0 spiro atoms. The SMILES string of the molecule is O=C(/C=C/C=C(\c1ccc(F)cc1)c1ccc(C(F)(F)F)cc1)Nc1cccc2[nH]c(=O)ccc12. The summed E-state index contributed by atoms with van der Waals surface area (Å²) in [7, 11) is 0. The van der Waals surface area contributed by atoms with Crippen LogP contribution in [0.5, 0.6) is 0 Å². The largest absolute Gasteiger partial charge is 0.416 e. The zero-order valence-electron chi connectivity index (χ0n) is 18.1. The molecule has 2 N–H and O–H groups in total. The normalized spacial score (nSPS) is 12.3. The van der Waals surface area contributed by atoms with E-state index in [4.69, 9.17) is 0 Å². The summed E-state index contributed by atoms with van der Waals surface area (Å²) in [5.74, 6) is -0.905. The molecule has 3 aromatic carbocycles. The van der Waals surface area contributed by atoms with Gasteiger partial charge in [0, 0.05) is 17.5 Å². The molecule has 0 radical (unpaired) electrons. The van der Waals surface area contributed by atoms with E-state index >= 15 is 0 Å².